The van der Waals surface area contributed by atoms with Crippen LogP contribution in [0, 0.1) is 0 Å². The lowest BCUT2D eigenvalue weighted by Crippen LogP contribution is -2.34. The fourth-order valence-corrected chi connectivity index (χ4v) is 1.94. The Hall–Kier alpha value is -1.66. The van der Waals surface area contributed by atoms with Gasteiger partial charge in [0.25, 0.3) is 0 Å². The molecule has 2 rings (SSSR count). The first kappa shape index (κ1) is 12.8. The molecule has 1 saturated heterocycles. The molecule has 0 atom stereocenters. The Kier molecular flexibility index (Phi) is 4.49. The number of hydrogen-bond acceptors (Lipinski definition) is 5. The second-order valence-electron chi connectivity index (χ2n) is 4.30. The van der Waals surface area contributed by atoms with Crippen LogP contribution >= 0.6 is 0 Å². The molecule has 6 heteroatoms. The van der Waals surface area contributed by atoms with Gasteiger partial charge in [0.05, 0.1) is 0 Å². The molecule has 1 aromatic heterocycles. The van der Waals surface area contributed by atoms with Gasteiger partial charge in [-0.3, -0.25) is 4.98 Å². The number of nitrogens with two attached hydrogens (primary N) is 1. The minimum Gasteiger partial charge on any atom is -0.409 e. The van der Waals surface area contributed by atoms with Gasteiger partial charge in [-0.05, 0) is 30.5 Å². The summed E-state index contributed by atoms with van der Waals surface area (Å²) in [7, 11) is 0. The predicted octanol–water partition coefficient (Wildman–Crippen LogP) is 0.445. The van der Waals surface area contributed by atoms with E-state index < -0.39 is 0 Å². The highest BCUT2D eigenvalue weighted by Gasteiger charge is 2.12. The Morgan fingerprint density at radius 2 is 2.33 bits per heavy atom. The molecule has 18 heavy (non-hydrogen) atoms. The molecule has 1 fully saturated rings. The van der Waals surface area contributed by atoms with E-state index in [4.69, 9.17) is 15.7 Å². The van der Waals surface area contributed by atoms with E-state index in [0.29, 0.717) is 11.7 Å². The molecule has 4 N–H and O–H groups in total. The van der Waals surface area contributed by atoms with Gasteiger partial charge in [0.1, 0.15) is 5.69 Å². The van der Waals surface area contributed by atoms with E-state index in [1.165, 1.54) is 0 Å². The van der Waals surface area contributed by atoms with Gasteiger partial charge in [-0.15, -0.1) is 0 Å². The van der Waals surface area contributed by atoms with Crippen molar-refractivity contribution in [1.29, 1.82) is 0 Å². The van der Waals surface area contributed by atoms with E-state index >= 15 is 0 Å². The largest absolute Gasteiger partial charge is 0.409 e. The van der Waals surface area contributed by atoms with Crippen molar-refractivity contribution >= 4 is 5.84 Å². The quantitative estimate of drug-likeness (QED) is 0.312. The number of rotatable bonds is 4. The molecule has 0 radical (unpaired) electrons. The number of amidine groups is 1. The van der Waals surface area contributed by atoms with E-state index in [-0.39, 0.29) is 5.84 Å². The third kappa shape index (κ3) is 3.41. The van der Waals surface area contributed by atoms with Gasteiger partial charge in [0.15, 0.2) is 5.84 Å². The maximum atomic E-state index is 8.61. The lowest BCUT2D eigenvalue weighted by molar-refractivity contribution is 0.0776. The highest BCUT2D eigenvalue weighted by atomic mass is 16.5. The molecule has 0 spiro atoms. The summed E-state index contributed by atoms with van der Waals surface area (Å²) < 4.78 is 5.31. The number of ether oxygens (including phenoxy) is 1. The topological polar surface area (TPSA) is 92.8 Å². The van der Waals surface area contributed by atoms with Crippen molar-refractivity contribution in [2.75, 3.05) is 13.2 Å². The van der Waals surface area contributed by atoms with Crippen LogP contribution in [0.15, 0.2) is 23.5 Å². The number of hydrogen-bond donors (Lipinski definition) is 3. The van der Waals surface area contributed by atoms with Crippen LogP contribution in [0.4, 0.5) is 0 Å². The van der Waals surface area contributed by atoms with Crippen molar-refractivity contribution in [1.82, 2.24) is 10.3 Å². The predicted molar refractivity (Wildman–Crippen MR) is 67.4 cm³/mol. The van der Waals surface area contributed by atoms with Gasteiger partial charge in [-0.25, -0.2) is 0 Å². The molecule has 0 saturated carbocycles. The second-order valence-corrected chi connectivity index (χ2v) is 4.30. The molecule has 0 aromatic carbocycles. The van der Waals surface area contributed by atoms with Crippen molar-refractivity contribution in [2.24, 2.45) is 10.9 Å². The molecule has 0 bridgehead atoms. The summed E-state index contributed by atoms with van der Waals surface area (Å²) in [6.45, 7) is 2.39. The van der Waals surface area contributed by atoms with Gasteiger partial charge in [-0.2, -0.15) is 0 Å². The van der Waals surface area contributed by atoms with Crippen LogP contribution in [-0.2, 0) is 11.3 Å². The first-order valence-electron chi connectivity index (χ1n) is 6.03. The van der Waals surface area contributed by atoms with E-state index in [9.17, 15) is 0 Å². The summed E-state index contributed by atoms with van der Waals surface area (Å²) in [6, 6.07) is 4.24. The summed E-state index contributed by atoms with van der Waals surface area (Å²) in [5.74, 6) is 0.0305. The zero-order valence-electron chi connectivity index (χ0n) is 10.2. The van der Waals surface area contributed by atoms with Crippen molar-refractivity contribution in [3.05, 3.63) is 29.6 Å². The molecular weight excluding hydrogens is 232 g/mol. The molecule has 2 heterocycles. The van der Waals surface area contributed by atoms with Gasteiger partial charge in [-0.1, -0.05) is 5.16 Å². The summed E-state index contributed by atoms with van der Waals surface area (Å²) in [6.07, 6.45) is 3.74. The summed E-state index contributed by atoms with van der Waals surface area (Å²) >= 11 is 0. The van der Waals surface area contributed by atoms with E-state index in [2.05, 4.69) is 15.5 Å². The van der Waals surface area contributed by atoms with Crippen LogP contribution in [0.3, 0.4) is 0 Å². The number of oxime groups is 1. The molecule has 1 aliphatic rings. The first-order valence-corrected chi connectivity index (χ1v) is 6.03. The Balaban J connectivity index is 1.92. The van der Waals surface area contributed by atoms with Gasteiger partial charge < -0.3 is 21.0 Å². The third-order valence-corrected chi connectivity index (χ3v) is 3.01. The lowest BCUT2D eigenvalue weighted by Gasteiger charge is -2.23. The third-order valence-electron chi connectivity index (χ3n) is 3.01. The Bertz CT molecular complexity index is 416. The SMILES string of the molecule is NC(=NO)c1cc(CNC2CCOCC2)ccn1. The average Bonchev–Trinajstić information content (AvgIpc) is 2.45. The summed E-state index contributed by atoms with van der Waals surface area (Å²) in [5.41, 5.74) is 7.06. The number of nitrogens with one attached hydrogen (secondary N) is 1. The zero-order valence-corrected chi connectivity index (χ0v) is 10.2. The van der Waals surface area contributed by atoms with Gasteiger partial charge in [0, 0.05) is 32.0 Å². The lowest BCUT2D eigenvalue weighted by atomic mass is 10.1. The van der Waals surface area contributed by atoms with Crippen molar-refractivity contribution in [2.45, 2.75) is 25.4 Å². The monoisotopic (exact) mass is 250 g/mol. The molecule has 0 amide bonds. The number of pyridine rings is 1. The van der Waals surface area contributed by atoms with E-state index in [1.54, 1.807) is 6.20 Å². The van der Waals surface area contributed by atoms with Crippen LogP contribution < -0.4 is 11.1 Å². The van der Waals surface area contributed by atoms with E-state index in [0.717, 1.165) is 38.2 Å². The van der Waals surface area contributed by atoms with Crippen LogP contribution in [0.2, 0.25) is 0 Å². The maximum absolute atomic E-state index is 8.61. The fourth-order valence-electron chi connectivity index (χ4n) is 1.94. The van der Waals surface area contributed by atoms with Crippen molar-refractivity contribution in [3.63, 3.8) is 0 Å². The summed E-state index contributed by atoms with van der Waals surface area (Å²) in [4.78, 5) is 4.04. The average molecular weight is 250 g/mol. The van der Waals surface area contributed by atoms with Gasteiger partial charge >= 0.3 is 0 Å². The zero-order chi connectivity index (χ0) is 12.8. The Morgan fingerprint density at radius 1 is 1.56 bits per heavy atom. The smallest absolute Gasteiger partial charge is 0.188 e. The maximum Gasteiger partial charge on any atom is 0.188 e. The number of nitrogens with zero attached hydrogens (tertiary/aromatic N) is 2. The molecule has 98 valence electrons. The van der Waals surface area contributed by atoms with Crippen molar-refractivity contribution < 1.29 is 9.94 Å². The van der Waals surface area contributed by atoms with Crippen molar-refractivity contribution in [3.8, 4) is 0 Å². The van der Waals surface area contributed by atoms with Crippen LogP contribution in [0.25, 0.3) is 0 Å². The molecule has 6 nitrogen and oxygen atoms in total. The number of aromatic nitrogens is 1. The minimum absolute atomic E-state index is 0.0305. The highest BCUT2D eigenvalue weighted by Crippen LogP contribution is 2.08. The Labute approximate surface area is 106 Å². The fraction of sp³-hybridized carbons (Fsp3) is 0.500. The van der Waals surface area contributed by atoms with Crippen LogP contribution in [0.1, 0.15) is 24.1 Å². The normalized spacial score (nSPS) is 17.9. The standard InChI is InChI=1S/C12H18N4O2/c13-12(16-17)11-7-9(1-4-14-11)8-15-10-2-5-18-6-3-10/h1,4,7,10,15,17H,2-3,5-6,8H2,(H2,13,16). The molecule has 1 aromatic rings. The molecule has 0 unspecified atom stereocenters. The minimum atomic E-state index is 0.0305. The highest BCUT2D eigenvalue weighted by molar-refractivity contribution is 5.95. The van der Waals surface area contributed by atoms with Gasteiger partial charge in [0.2, 0.25) is 0 Å². The van der Waals surface area contributed by atoms with Crippen LogP contribution in [-0.4, -0.2) is 35.3 Å². The summed E-state index contributed by atoms with van der Waals surface area (Å²) in [5, 5.41) is 15.0. The first-order chi connectivity index (χ1) is 8.79. The molecular formula is C12H18N4O2. The molecule has 0 aliphatic carbocycles. The van der Waals surface area contributed by atoms with Crippen LogP contribution in [0.5, 0.6) is 0 Å². The Morgan fingerprint density at radius 3 is 3.06 bits per heavy atom. The molecule has 1 aliphatic heterocycles. The van der Waals surface area contributed by atoms with E-state index in [1.807, 2.05) is 12.1 Å². The second kappa shape index (κ2) is 6.32.